The van der Waals surface area contributed by atoms with E-state index in [0.717, 1.165) is 19.3 Å². The van der Waals surface area contributed by atoms with E-state index in [0.29, 0.717) is 29.0 Å². The van der Waals surface area contributed by atoms with E-state index in [4.69, 9.17) is 9.47 Å². The van der Waals surface area contributed by atoms with E-state index in [1.807, 2.05) is 0 Å². The highest BCUT2D eigenvalue weighted by Gasteiger charge is 2.27. The van der Waals surface area contributed by atoms with Crippen LogP contribution in [-0.4, -0.2) is 33.5 Å². The van der Waals surface area contributed by atoms with Gasteiger partial charge in [0.05, 0.1) is 6.61 Å². The minimum absolute atomic E-state index is 0.0786. The lowest BCUT2D eigenvalue weighted by atomic mass is 10.0. The van der Waals surface area contributed by atoms with Crippen LogP contribution in [0.1, 0.15) is 59.7 Å². The molecule has 1 heterocycles. The van der Waals surface area contributed by atoms with Gasteiger partial charge in [0, 0.05) is 11.1 Å². The smallest absolute Gasteiger partial charge is 0.342 e. The molecular weight excluding hydrogens is 384 g/mol. The van der Waals surface area contributed by atoms with Crippen LogP contribution < -0.4 is 4.74 Å². The van der Waals surface area contributed by atoms with Crippen LogP contribution in [0.15, 0.2) is 36.4 Å². The molecule has 3 rings (SSSR count). The normalized spacial score (nSPS) is 19.7. The molecule has 2 aromatic carbocycles. The molecule has 160 valence electrons. The fourth-order valence-electron chi connectivity index (χ4n) is 3.59. The first-order valence-electron chi connectivity index (χ1n) is 10.3. The molecule has 0 amide bonds. The van der Waals surface area contributed by atoms with Crippen LogP contribution in [0.5, 0.6) is 17.2 Å². The van der Waals surface area contributed by atoms with E-state index < -0.39 is 24.8 Å². The third-order valence-corrected chi connectivity index (χ3v) is 5.30. The lowest BCUT2D eigenvalue weighted by Gasteiger charge is -2.22. The van der Waals surface area contributed by atoms with Crippen molar-refractivity contribution < 1.29 is 29.6 Å². The SMILES string of the molecule is CCCCC[C@@H]1OC(=O)c2c(C)cccc2Oc2ccc(O)c(CO)c2/C=C/[C@H]1O. The second-order valence-corrected chi connectivity index (χ2v) is 7.47. The molecule has 6 heteroatoms. The summed E-state index contributed by atoms with van der Waals surface area (Å²) in [5.74, 6) is 0.0316. The first kappa shape index (κ1) is 21.9. The largest absolute Gasteiger partial charge is 0.508 e. The van der Waals surface area contributed by atoms with Crippen molar-refractivity contribution in [2.75, 3.05) is 0 Å². The standard InChI is InChI=1S/C24H28O6/c1-3-4-5-8-21-19(27)11-10-16-17(14-25)18(26)12-13-20(16)29-22-9-6-7-15(2)23(22)24(28)30-21/h6-7,9-13,19,21,25-27H,3-5,8,14H2,1-2H3/b11-10+/t19-,21+/m1/s1. The molecule has 0 saturated heterocycles. The van der Waals surface area contributed by atoms with E-state index in [1.165, 1.54) is 12.1 Å². The molecule has 0 bridgehead atoms. The topological polar surface area (TPSA) is 96.2 Å². The van der Waals surface area contributed by atoms with Gasteiger partial charge in [-0.25, -0.2) is 4.79 Å². The number of ether oxygens (including phenoxy) is 2. The van der Waals surface area contributed by atoms with E-state index in [1.54, 1.807) is 37.3 Å². The number of aliphatic hydroxyl groups is 2. The Morgan fingerprint density at radius 2 is 1.90 bits per heavy atom. The predicted octanol–water partition coefficient (Wildman–Crippen LogP) is 4.48. The summed E-state index contributed by atoms with van der Waals surface area (Å²) in [5, 5.41) is 30.7. The van der Waals surface area contributed by atoms with Crippen LogP contribution in [-0.2, 0) is 11.3 Å². The molecule has 0 radical (unpaired) electrons. The summed E-state index contributed by atoms with van der Waals surface area (Å²) in [5.41, 5.74) is 1.69. The Bertz CT molecular complexity index is 934. The molecule has 1 aliphatic heterocycles. The molecule has 0 fully saturated rings. The maximum absolute atomic E-state index is 13.0. The van der Waals surface area contributed by atoms with Gasteiger partial charge in [0.1, 0.15) is 35.0 Å². The molecule has 0 unspecified atom stereocenters. The number of aromatic hydroxyl groups is 1. The summed E-state index contributed by atoms with van der Waals surface area (Å²) >= 11 is 0. The lowest BCUT2D eigenvalue weighted by Crippen LogP contribution is -2.30. The number of carbonyl (C=O) groups excluding carboxylic acids is 1. The van der Waals surface area contributed by atoms with Gasteiger partial charge in [0.2, 0.25) is 0 Å². The van der Waals surface area contributed by atoms with E-state index >= 15 is 0 Å². The van der Waals surface area contributed by atoms with E-state index in [-0.39, 0.29) is 16.9 Å². The number of esters is 1. The van der Waals surface area contributed by atoms with Crippen LogP contribution in [0, 0.1) is 6.92 Å². The summed E-state index contributed by atoms with van der Waals surface area (Å²) in [6, 6.07) is 8.23. The van der Waals surface area contributed by atoms with Gasteiger partial charge in [-0.2, -0.15) is 0 Å². The van der Waals surface area contributed by atoms with Crippen molar-refractivity contribution in [1.82, 2.24) is 0 Å². The number of carbonyl (C=O) groups is 1. The Kier molecular flexibility index (Phi) is 7.13. The predicted molar refractivity (Wildman–Crippen MR) is 114 cm³/mol. The lowest BCUT2D eigenvalue weighted by molar-refractivity contribution is -0.00759. The quantitative estimate of drug-likeness (QED) is 0.495. The highest BCUT2D eigenvalue weighted by atomic mass is 16.6. The van der Waals surface area contributed by atoms with Crippen molar-refractivity contribution in [3.05, 3.63) is 58.7 Å². The molecule has 0 spiro atoms. The average molecular weight is 412 g/mol. The number of benzene rings is 2. The Labute approximate surface area is 176 Å². The zero-order valence-electron chi connectivity index (χ0n) is 17.3. The minimum atomic E-state index is -1.04. The minimum Gasteiger partial charge on any atom is -0.508 e. The monoisotopic (exact) mass is 412 g/mol. The summed E-state index contributed by atoms with van der Waals surface area (Å²) < 4.78 is 11.7. The van der Waals surface area contributed by atoms with Crippen LogP contribution in [0.2, 0.25) is 0 Å². The maximum Gasteiger partial charge on any atom is 0.342 e. The van der Waals surface area contributed by atoms with Crippen molar-refractivity contribution >= 4 is 12.0 Å². The van der Waals surface area contributed by atoms with Gasteiger partial charge in [-0.3, -0.25) is 0 Å². The third kappa shape index (κ3) is 4.66. The zero-order valence-corrected chi connectivity index (χ0v) is 17.3. The van der Waals surface area contributed by atoms with Crippen LogP contribution in [0.3, 0.4) is 0 Å². The molecule has 0 saturated carbocycles. The van der Waals surface area contributed by atoms with E-state index in [9.17, 15) is 20.1 Å². The number of fused-ring (bicyclic) bond motifs is 2. The van der Waals surface area contributed by atoms with Gasteiger partial charge in [-0.05, 0) is 43.5 Å². The van der Waals surface area contributed by atoms with Crippen LogP contribution in [0.25, 0.3) is 6.08 Å². The van der Waals surface area contributed by atoms with Gasteiger partial charge in [-0.1, -0.05) is 44.1 Å². The van der Waals surface area contributed by atoms with Crippen molar-refractivity contribution in [3.63, 3.8) is 0 Å². The van der Waals surface area contributed by atoms with Gasteiger partial charge < -0.3 is 24.8 Å². The number of hydrogen-bond acceptors (Lipinski definition) is 6. The molecule has 2 atom stereocenters. The Balaban J connectivity index is 2.14. The molecule has 30 heavy (non-hydrogen) atoms. The molecule has 3 N–H and O–H groups in total. The van der Waals surface area contributed by atoms with Crippen molar-refractivity contribution in [3.8, 4) is 17.2 Å². The molecular formula is C24H28O6. The Morgan fingerprint density at radius 3 is 2.63 bits per heavy atom. The summed E-state index contributed by atoms with van der Waals surface area (Å²) in [6.07, 6.45) is 4.65. The maximum atomic E-state index is 13.0. The molecule has 6 nitrogen and oxygen atoms in total. The van der Waals surface area contributed by atoms with Gasteiger partial charge in [0.15, 0.2) is 0 Å². The zero-order chi connectivity index (χ0) is 21.7. The molecule has 1 aliphatic rings. The van der Waals surface area contributed by atoms with Crippen LogP contribution in [0.4, 0.5) is 0 Å². The molecule has 2 aromatic rings. The fraction of sp³-hybridized carbons (Fsp3) is 0.375. The number of aliphatic hydroxyl groups excluding tert-OH is 2. The second-order valence-electron chi connectivity index (χ2n) is 7.47. The number of hydrogen-bond donors (Lipinski definition) is 3. The number of rotatable bonds is 5. The van der Waals surface area contributed by atoms with Crippen molar-refractivity contribution in [2.24, 2.45) is 0 Å². The van der Waals surface area contributed by atoms with E-state index in [2.05, 4.69) is 6.92 Å². The molecule has 0 aromatic heterocycles. The Hall–Kier alpha value is -2.83. The number of unbranched alkanes of at least 4 members (excludes halogenated alkanes) is 2. The van der Waals surface area contributed by atoms with Crippen molar-refractivity contribution in [2.45, 2.75) is 58.3 Å². The molecule has 0 aliphatic carbocycles. The number of cyclic esters (lactones) is 1. The fourth-order valence-corrected chi connectivity index (χ4v) is 3.59. The summed E-state index contributed by atoms with van der Waals surface area (Å²) in [7, 11) is 0. The van der Waals surface area contributed by atoms with Crippen molar-refractivity contribution in [1.29, 1.82) is 0 Å². The second kappa shape index (κ2) is 9.78. The average Bonchev–Trinajstić information content (AvgIpc) is 2.74. The number of phenols is 1. The number of aryl methyl sites for hydroxylation is 1. The highest BCUT2D eigenvalue weighted by Crippen LogP contribution is 2.37. The van der Waals surface area contributed by atoms with Crippen LogP contribution >= 0.6 is 0 Å². The summed E-state index contributed by atoms with van der Waals surface area (Å²) in [4.78, 5) is 13.0. The van der Waals surface area contributed by atoms with Gasteiger partial charge in [0.25, 0.3) is 0 Å². The highest BCUT2D eigenvalue weighted by molar-refractivity contribution is 5.94. The van der Waals surface area contributed by atoms with Gasteiger partial charge >= 0.3 is 5.97 Å². The Morgan fingerprint density at radius 1 is 1.10 bits per heavy atom. The summed E-state index contributed by atoms with van der Waals surface area (Å²) in [6.45, 7) is 3.46. The third-order valence-electron chi connectivity index (χ3n) is 5.30. The first-order valence-corrected chi connectivity index (χ1v) is 10.3. The first-order chi connectivity index (χ1) is 14.5. The van der Waals surface area contributed by atoms with Gasteiger partial charge in [-0.15, -0.1) is 0 Å².